The molecule has 0 amide bonds. The van der Waals surface area contributed by atoms with Gasteiger partial charge in [0.2, 0.25) is 0 Å². The zero-order valence-corrected chi connectivity index (χ0v) is 41.7. The quantitative estimate of drug-likeness (QED) is 0.0402. The van der Waals surface area contributed by atoms with Gasteiger partial charge in [-0.1, -0.05) is 126 Å². The van der Waals surface area contributed by atoms with Crippen LogP contribution in [-0.2, 0) is 19.6 Å². The molecule has 3 heterocycles. The molecule has 0 radical (unpaired) electrons. The van der Waals surface area contributed by atoms with Gasteiger partial charge >= 0.3 is 0 Å². The summed E-state index contributed by atoms with van der Waals surface area (Å²) >= 11 is 0. The molecule has 0 aliphatic carbocycles. The normalized spacial score (nSPS) is 11.2. The monoisotopic (exact) mass is 975 g/mol. The van der Waals surface area contributed by atoms with Gasteiger partial charge in [0.05, 0.1) is 55.5 Å². The number of rotatable bonds is 30. The van der Waals surface area contributed by atoms with Crippen molar-refractivity contribution in [2.75, 3.05) is 24.7 Å². The summed E-state index contributed by atoms with van der Waals surface area (Å²) in [6, 6.07) is 56.1. The fourth-order valence-corrected chi connectivity index (χ4v) is 9.00. The summed E-state index contributed by atoms with van der Waals surface area (Å²) in [5.74, 6) is 2.77. The average molecular weight is 975 g/mol. The van der Waals surface area contributed by atoms with E-state index in [-0.39, 0.29) is 0 Å². The van der Waals surface area contributed by atoms with Crippen molar-refractivity contribution in [3.05, 3.63) is 182 Å². The minimum Gasteiger partial charge on any atom is -0.494 e. The molecule has 0 aliphatic rings. The summed E-state index contributed by atoms with van der Waals surface area (Å²) in [4.78, 5) is 2.29. The molecule has 0 bridgehead atoms. The van der Waals surface area contributed by atoms with E-state index in [0.29, 0.717) is 0 Å². The van der Waals surface area contributed by atoms with E-state index in [2.05, 4.69) is 109 Å². The van der Waals surface area contributed by atoms with Crippen molar-refractivity contribution < 1.29 is 14.2 Å². The van der Waals surface area contributed by atoms with Crippen LogP contribution in [-0.4, -0.2) is 64.8 Å². The van der Waals surface area contributed by atoms with Crippen molar-refractivity contribution in [3.8, 4) is 51.0 Å². The molecule has 9 aromatic rings. The van der Waals surface area contributed by atoms with E-state index < -0.39 is 0 Å². The Morgan fingerprint density at radius 1 is 0.301 bits per heavy atom. The van der Waals surface area contributed by atoms with Crippen LogP contribution < -0.4 is 19.1 Å². The molecule has 0 unspecified atom stereocenters. The maximum absolute atomic E-state index is 5.88. The third-order valence-electron chi connectivity index (χ3n) is 12.9. The molecule has 0 saturated carbocycles. The molecular weight excluding hydrogens is 909 g/mol. The molecule has 13 heteroatoms. The van der Waals surface area contributed by atoms with Crippen LogP contribution >= 0.6 is 0 Å². The van der Waals surface area contributed by atoms with Crippen LogP contribution in [0.5, 0.6) is 17.2 Å². The second kappa shape index (κ2) is 27.0. The number of unbranched alkanes of at least 4 members (excludes halogenated alkanes) is 9. The van der Waals surface area contributed by atoms with Gasteiger partial charge in [-0.3, -0.25) is 0 Å². The summed E-state index contributed by atoms with van der Waals surface area (Å²) in [5, 5.41) is 26.4. The Labute approximate surface area is 429 Å². The van der Waals surface area contributed by atoms with Crippen LogP contribution in [0.3, 0.4) is 0 Å². The van der Waals surface area contributed by atoms with Crippen molar-refractivity contribution in [2.24, 2.45) is 0 Å². The van der Waals surface area contributed by atoms with Crippen LogP contribution in [0.4, 0.5) is 17.1 Å². The van der Waals surface area contributed by atoms with E-state index in [4.69, 9.17) is 14.2 Å². The van der Waals surface area contributed by atoms with E-state index in [1.807, 2.05) is 124 Å². The lowest BCUT2D eigenvalue weighted by molar-refractivity contribution is 0.303. The lowest BCUT2D eigenvalue weighted by atomic mass is 10.1. The van der Waals surface area contributed by atoms with Crippen molar-refractivity contribution in [1.82, 2.24) is 45.0 Å². The maximum atomic E-state index is 5.88. The van der Waals surface area contributed by atoms with Gasteiger partial charge in [-0.05, 0) is 131 Å². The highest BCUT2D eigenvalue weighted by Crippen LogP contribution is 2.38. The van der Waals surface area contributed by atoms with Gasteiger partial charge in [-0.25, -0.2) is 14.0 Å². The number of nitrogens with zero attached hydrogens (tertiary/aromatic N) is 10. The van der Waals surface area contributed by atoms with Crippen LogP contribution in [0, 0.1) is 0 Å². The second-order valence-electron chi connectivity index (χ2n) is 18.2. The smallest absolute Gasteiger partial charge is 0.119 e. The van der Waals surface area contributed by atoms with E-state index in [0.717, 1.165) is 185 Å². The number of ether oxygens (including phenoxy) is 3. The number of anilines is 3. The zero-order valence-electron chi connectivity index (χ0n) is 41.7. The predicted octanol–water partition coefficient (Wildman–Crippen LogP) is 13.9. The maximum Gasteiger partial charge on any atom is 0.119 e. The molecule has 0 aliphatic heterocycles. The molecule has 0 spiro atoms. The molecule has 73 heavy (non-hydrogen) atoms. The van der Waals surface area contributed by atoms with E-state index in [1.165, 1.54) is 0 Å². The van der Waals surface area contributed by atoms with Crippen LogP contribution in [0.15, 0.2) is 182 Å². The molecule has 0 atom stereocenters. The molecule has 374 valence electrons. The van der Waals surface area contributed by atoms with E-state index in [9.17, 15) is 0 Å². The Morgan fingerprint density at radius 3 is 0.863 bits per heavy atom. The van der Waals surface area contributed by atoms with E-state index >= 15 is 0 Å². The third-order valence-corrected chi connectivity index (χ3v) is 12.9. The molecule has 0 N–H and O–H groups in total. The van der Waals surface area contributed by atoms with Crippen molar-refractivity contribution >= 4 is 17.1 Å². The summed E-state index contributed by atoms with van der Waals surface area (Å²) in [5.41, 5.74) is 9.30. The molecule has 0 fully saturated rings. The first kappa shape index (κ1) is 49.9. The SMILES string of the molecule is c1ccc(OCCCCCCn2nncc2-c2ccc(N(c3ccc(-c4cnnn4CCCCCCOc4ccccc4)cc3)c3ccc(-c4cnnn4CCCCCCOc4ccccc4)cc3)cc2)cc1. The molecule has 13 nitrogen and oxygen atoms in total. The summed E-state index contributed by atoms with van der Waals surface area (Å²) in [6.07, 6.45) is 18.3. The number of hydrogen-bond donors (Lipinski definition) is 0. The van der Waals surface area contributed by atoms with Gasteiger partial charge in [0.25, 0.3) is 0 Å². The highest BCUT2D eigenvalue weighted by molar-refractivity contribution is 5.80. The summed E-state index contributed by atoms with van der Waals surface area (Å²) < 4.78 is 23.7. The zero-order chi connectivity index (χ0) is 49.5. The average Bonchev–Trinajstić information content (AvgIpc) is 4.24. The number of aryl methyl sites for hydroxylation is 3. The van der Waals surface area contributed by atoms with Gasteiger partial charge in [0, 0.05) is 53.4 Å². The number of hydrogen-bond acceptors (Lipinski definition) is 10. The van der Waals surface area contributed by atoms with Gasteiger partial charge in [-0.15, -0.1) is 15.3 Å². The van der Waals surface area contributed by atoms with Crippen molar-refractivity contribution in [1.29, 1.82) is 0 Å². The minimum absolute atomic E-state index is 0.726. The Hall–Kier alpha value is -8.06. The highest BCUT2D eigenvalue weighted by Gasteiger charge is 2.17. The van der Waals surface area contributed by atoms with Crippen molar-refractivity contribution in [2.45, 2.75) is 96.7 Å². The molecule has 0 saturated heterocycles. The minimum atomic E-state index is 0.726. The standard InChI is InChI=1S/C60H66N10O3/c1(4-19-43-71-55-22-10-7-11-23-55)16-40-67-58(46-61-64-67)49-28-34-52(35-29-49)70(53-36-30-50(31-37-53)59-47-62-65-68(59)41-17-2-5-20-44-72-56-24-12-8-13-25-56)54-38-32-51(33-39-54)60-48-63-66-69(60)42-18-3-6-21-45-73-57-26-14-9-15-27-57/h7-15,22-39,46-48H,1-6,16-21,40-45H2. The Bertz CT molecular complexity index is 2620. The highest BCUT2D eigenvalue weighted by atomic mass is 16.5. The molecule has 6 aromatic carbocycles. The number of aromatic nitrogens is 9. The van der Waals surface area contributed by atoms with Crippen molar-refractivity contribution in [3.63, 3.8) is 0 Å². The van der Waals surface area contributed by atoms with Gasteiger partial charge < -0.3 is 19.1 Å². The lowest BCUT2D eigenvalue weighted by Gasteiger charge is -2.26. The molecule has 3 aromatic heterocycles. The van der Waals surface area contributed by atoms with Gasteiger partial charge in [0.1, 0.15) is 17.2 Å². The van der Waals surface area contributed by atoms with Crippen LogP contribution in [0.1, 0.15) is 77.0 Å². The fourth-order valence-electron chi connectivity index (χ4n) is 9.00. The van der Waals surface area contributed by atoms with E-state index in [1.54, 1.807) is 0 Å². The summed E-state index contributed by atoms with van der Waals surface area (Å²) in [7, 11) is 0. The Balaban J connectivity index is 0.846. The number of benzene rings is 6. The van der Waals surface area contributed by atoms with Crippen LogP contribution in [0.25, 0.3) is 33.8 Å². The first-order chi connectivity index (χ1) is 36.2. The largest absolute Gasteiger partial charge is 0.494 e. The Morgan fingerprint density at radius 2 is 0.575 bits per heavy atom. The lowest BCUT2D eigenvalue weighted by Crippen LogP contribution is -2.10. The van der Waals surface area contributed by atoms with Gasteiger partial charge in [0.15, 0.2) is 0 Å². The fraction of sp³-hybridized carbons (Fsp3) is 0.300. The topological polar surface area (TPSA) is 123 Å². The Kier molecular flexibility index (Phi) is 18.4. The predicted molar refractivity (Wildman–Crippen MR) is 289 cm³/mol. The first-order valence-electron chi connectivity index (χ1n) is 26.1. The van der Waals surface area contributed by atoms with Gasteiger partial charge in [-0.2, -0.15) is 0 Å². The molecule has 9 rings (SSSR count). The summed E-state index contributed by atoms with van der Waals surface area (Å²) in [6.45, 7) is 4.59. The molecular formula is C60H66N10O3. The van der Waals surface area contributed by atoms with Crippen LogP contribution in [0.2, 0.25) is 0 Å². The number of para-hydroxylation sites is 3. The second-order valence-corrected chi connectivity index (χ2v) is 18.2. The first-order valence-corrected chi connectivity index (χ1v) is 26.1. The third kappa shape index (κ3) is 14.5.